The molecule has 1 heterocycles. The first kappa shape index (κ1) is 16.5. The smallest absolute Gasteiger partial charge is 0.268 e. The second kappa shape index (κ2) is 9.65. The Morgan fingerprint density at radius 3 is 2.38 bits per heavy atom. The summed E-state index contributed by atoms with van der Waals surface area (Å²) < 4.78 is 0. The average molecular weight is 334 g/mol. The van der Waals surface area contributed by atoms with E-state index in [1.54, 1.807) is 4.90 Å². The molecule has 0 aliphatic carbocycles. The van der Waals surface area contributed by atoms with Crippen molar-refractivity contribution in [3.63, 3.8) is 0 Å². The summed E-state index contributed by atoms with van der Waals surface area (Å²) in [6.07, 6.45) is 0.908. The molecule has 0 saturated carbocycles. The molecule has 0 unspecified atom stereocenters. The molecule has 1 N–H and O–H groups in total. The van der Waals surface area contributed by atoms with E-state index >= 15 is 0 Å². The van der Waals surface area contributed by atoms with E-state index in [-0.39, 0.29) is 71.3 Å². The van der Waals surface area contributed by atoms with Crippen LogP contribution in [-0.4, -0.2) is 48.4 Å². The molecular formula is C6H10N3O2Y2-. The van der Waals surface area contributed by atoms with E-state index in [9.17, 15) is 4.79 Å². The molecule has 0 bridgehead atoms. The zero-order valence-electron chi connectivity index (χ0n) is 7.26. The SMILES string of the molecule is O=C(/C=N/O)N1CC[N-]CC1.[Y].[Y]. The van der Waals surface area contributed by atoms with Crippen LogP contribution in [0.4, 0.5) is 0 Å². The molecule has 1 fully saturated rings. The van der Waals surface area contributed by atoms with E-state index in [4.69, 9.17) is 5.21 Å². The molecule has 0 spiro atoms. The number of oxime groups is 1. The molecule has 68 valence electrons. The first-order chi connectivity index (χ1) is 5.34. The summed E-state index contributed by atoms with van der Waals surface area (Å²) >= 11 is 0. The monoisotopic (exact) mass is 334 g/mol. The van der Waals surface area contributed by atoms with E-state index in [2.05, 4.69) is 10.5 Å². The molecule has 1 rings (SSSR count). The van der Waals surface area contributed by atoms with Gasteiger partial charge in [-0.1, -0.05) is 5.16 Å². The average Bonchev–Trinajstić information content (AvgIpc) is 2.07. The van der Waals surface area contributed by atoms with Gasteiger partial charge >= 0.3 is 0 Å². The number of nitrogens with zero attached hydrogens (tertiary/aromatic N) is 3. The zero-order chi connectivity index (χ0) is 8.10. The van der Waals surface area contributed by atoms with Crippen LogP contribution in [0.25, 0.3) is 5.32 Å². The van der Waals surface area contributed by atoms with E-state index in [0.717, 1.165) is 6.21 Å². The molecule has 2 radical (unpaired) electrons. The molecule has 1 aliphatic rings. The summed E-state index contributed by atoms with van der Waals surface area (Å²) in [4.78, 5) is 12.6. The van der Waals surface area contributed by atoms with Crippen molar-refractivity contribution >= 4 is 12.1 Å². The Kier molecular flexibility index (Phi) is 12.3. The molecule has 0 aromatic carbocycles. The predicted molar refractivity (Wildman–Crippen MR) is 40.0 cm³/mol. The van der Waals surface area contributed by atoms with Gasteiger partial charge in [0.05, 0.1) is 0 Å². The second-order valence-corrected chi connectivity index (χ2v) is 2.24. The molecule has 0 aromatic rings. The van der Waals surface area contributed by atoms with E-state index in [0.29, 0.717) is 26.2 Å². The van der Waals surface area contributed by atoms with Gasteiger partial charge in [-0.3, -0.25) is 4.79 Å². The minimum atomic E-state index is -0.248. The number of hydrogen-bond donors (Lipinski definition) is 1. The third-order valence-electron chi connectivity index (χ3n) is 1.54. The topological polar surface area (TPSA) is 67.0 Å². The van der Waals surface area contributed by atoms with Crippen LogP contribution in [-0.2, 0) is 70.2 Å². The van der Waals surface area contributed by atoms with Crippen LogP contribution in [0, 0.1) is 0 Å². The molecule has 1 saturated heterocycles. The summed E-state index contributed by atoms with van der Waals surface area (Å²) in [6.45, 7) is 2.63. The summed E-state index contributed by atoms with van der Waals surface area (Å²) in [5.74, 6) is -0.248. The van der Waals surface area contributed by atoms with Gasteiger partial charge < -0.3 is 15.4 Å². The van der Waals surface area contributed by atoms with Crippen molar-refractivity contribution in [1.29, 1.82) is 0 Å². The van der Waals surface area contributed by atoms with Crippen molar-refractivity contribution in [2.45, 2.75) is 0 Å². The van der Waals surface area contributed by atoms with Crippen molar-refractivity contribution in [1.82, 2.24) is 4.90 Å². The third-order valence-corrected chi connectivity index (χ3v) is 1.54. The fraction of sp³-hybridized carbons (Fsp3) is 0.667. The first-order valence-corrected chi connectivity index (χ1v) is 3.44. The van der Waals surface area contributed by atoms with Crippen molar-refractivity contribution < 1.29 is 75.4 Å². The minimum absolute atomic E-state index is 0. The zero-order valence-corrected chi connectivity index (χ0v) is 12.9. The minimum Gasteiger partial charge on any atom is -0.659 e. The Balaban J connectivity index is 0. The summed E-state index contributed by atoms with van der Waals surface area (Å²) in [5.41, 5.74) is 0. The van der Waals surface area contributed by atoms with Gasteiger partial charge in [0.25, 0.3) is 5.91 Å². The van der Waals surface area contributed by atoms with Crippen molar-refractivity contribution in [3.05, 3.63) is 5.32 Å². The van der Waals surface area contributed by atoms with Crippen LogP contribution in [0.3, 0.4) is 0 Å². The van der Waals surface area contributed by atoms with E-state index in [1.165, 1.54) is 0 Å². The van der Waals surface area contributed by atoms with Crippen LogP contribution in [0.1, 0.15) is 0 Å². The fourth-order valence-electron chi connectivity index (χ4n) is 0.958. The number of carbonyl (C=O) groups excluding carboxylic acids is 1. The molecular weight excluding hydrogens is 324 g/mol. The number of rotatable bonds is 1. The van der Waals surface area contributed by atoms with Gasteiger partial charge in [0.1, 0.15) is 6.21 Å². The molecule has 0 aromatic heterocycles. The summed E-state index contributed by atoms with van der Waals surface area (Å²) in [7, 11) is 0. The van der Waals surface area contributed by atoms with Gasteiger partial charge in [0.2, 0.25) is 0 Å². The van der Waals surface area contributed by atoms with Crippen molar-refractivity contribution in [2.75, 3.05) is 26.2 Å². The standard InChI is InChI=1S/C6H10N3O2.2Y/c10-6(5-8-11)9-3-1-7-2-4-9;;/h5,11H,1-4H2;;/q-1;;/b8-5+;;. The van der Waals surface area contributed by atoms with Crippen LogP contribution < -0.4 is 0 Å². The Morgan fingerprint density at radius 1 is 1.38 bits per heavy atom. The van der Waals surface area contributed by atoms with Crippen molar-refractivity contribution in [3.8, 4) is 0 Å². The third kappa shape index (κ3) is 6.23. The van der Waals surface area contributed by atoms with Gasteiger partial charge in [-0.15, -0.1) is 13.1 Å². The number of amides is 1. The normalized spacial score (nSPS) is 16.2. The number of carbonyl (C=O) groups is 1. The molecule has 5 nitrogen and oxygen atoms in total. The van der Waals surface area contributed by atoms with Gasteiger partial charge in [-0.2, -0.15) is 0 Å². The maximum atomic E-state index is 11.0. The summed E-state index contributed by atoms with van der Waals surface area (Å²) in [6, 6.07) is 0. The van der Waals surface area contributed by atoms with Crippen LogP contribution in [0.15, 0.2) is 5.16 Å². The van der Waals surface area contributed by atoms with Gasteiger partial charge in [-0.25, -0.2) is 0 Å². The van der Waals surface area contributed by atoms with Crippen LogP contribution >= 0.6 is 0 Å². The molecule has 13 heavy (non-hydrogen) atoms. The van der Waals surface area contributed by atoms with Crippen LogP contribution in [0.5, 0.6) is 0 Å². The Morgan fingerprint density at radius 2 is 1.92 bits per heavy atom. The largest absolute Gasteiger partial charge is 0.659 e. The van der Waals surface area contributed by atoms with Crippen molar-refractivity contribution in [2.24, 2.45) is 5.16 Å². The molecule has 0 atom stereocenters. The Bertz CT molecular complexity index is 171. The van der Waals surface area contributed by atoms with Gasteiger partial charge in [-0.05, 0) is 0 Å². The maximum Gasteiger partial charge on any atom is 0.268 e. The van der Waals surface area contributed by atoms with E-state index < -0.39 is 0 Å². The van der Waals surface area contributed by atoms with E-state index in [1.807, 2.05) is 0 Å². The number of piperazine rings is 1. The van der Waals surface area contributed by atoms with Gasteiger partial charge in [0.15, 0.2) is 0 Å². The van der Waals surface area contributed by atoms with Crippen LogP contribution in [0.2, 0.25) is 0 Å². The summed E-state index contributed by atoms with van der Waals surface area (Å²) in [5, 5.41) is 14.8. The maximum absolute atomic E-state index is 11.0. The quantitative estimate of drug-likeness (QED) is 0.405. The molecule has 7 heteroatoms. The molecule has 1 aliphatic heterocycles. The Hall–Kier alpha value is 1.11. The van der Waals surface area contributed by atoms with Gasteiger partial charge in [0, 0.05) is 78.5 Å². The first-order valence-electron chi connectivity index (χ1n) is 3.44. The second-order valence-electron chi connectivity index (χ2n) is 2.24. The fourth-order valence-corrected chi connectivity index (χ4v) is 0.958. The number of hydrogen-bond acceptors (Lipinski definition) is 3. The molecule has 1 amide bonds. The Labute approximate surface area is 127 Å². The predicted octanol–water partition coefficient (Wildman–Crippen LogP) is -0.343.